The fourth-order valence-corrected chi connectivity index (χ4v) is 7.14. The van der Waals surface area contributed by atoms with Crippen molar-refractivity contribution in [3.8, 4) is 0 Å². The molecule has 4 rings (SSSR count). The number of carbonyl (C=O) groups excluding carboxylic acids is 5. The fourth-order valence-electron chi connectivity index (χ4n) is 6.32. The van der Waals surface area contributed by atoms with Crippen LogP contribution in [0.3, 0.4) is 0 Å². The van der Waals surface area contributed by atoms with E-state index in [0.717, 1.165) is 51.4 Å². The molecule has 0 spiro atoms. The number of nitrogens with zero attached hydrogens (tertiary/aromatic N) is 1. The van der Waals surface area contributed by atoms with Gasteiger partial charge >= 0.3 is 6.09 Å². The number of amides is 4. The van der Waals surface area contributed by atoms with Crippen molar-refractivity contribution >= 4 is 52.8 Å². The Hall–Kier alpha value is -2.07. The predicted octanol–water partition coefficient (Wildman–Crippen LogP) is 2.82. The molecule has 3 saturated carbocycles. The maximum absolute atomic E-state index is 14.0. The molecule has 1 aliphatic heterocycles. The fraction of sp³-hybridized carbons (Fsp3) is 0.815. The number of carbonyl (C=O) groups is 5. The second kappa shape index (κ2) is 11.4. The summed E-state index contributed by atoms with van der Waals surface area (Å²) in [5.41, 5.74) is 4.52. The minimum absolute atomic E-state index is 0.112. The Labute approximate surface area is 239 Å². The molecule has 218 valence electrons. The van der Waals surface area contributed by atoms with Gasteiger partial charge in [-0.05, 0) is 51.9 Å². The Kier molecular flexibility index (Phi) is 8.76. The third-order valence-corrected chi connectivity index (χ3v) is 9.68. The Morgan fingerprint density at radius 1 is 1.00 bits per heavy atom. The summed E-state index contributed by atoms with van der Waals surface area (Å²) >= 11 is 13.0. The van der Waals surface area contributed by atoms with Crippen molar-refractivity contribution < 1.29 is 28.7 Å². The van der Waals surface area contributed by atoms with Crippen LogP contribution in [0.4, 0.5) is 4.79 Å². The lowest BCUT2D eigenvalue weighted by molar-refractivity contribution is -0.144. The van der Waals surface area contributed by atoms with Crippen LogP contribution in [-0.2, 0) is 23.9 Å². The zero-order valence-corrected chi connectivity index (χ0v) is 24.4. The summed E-state index contributed by atoms with van der Waals surface area (Å²) in [7, 11) is 0. The average Bonchev–Trinajstić information content (AvgIpc) is 3.15. The summed E-state index contributed by atoms with van der Waals surface area (Å²) in [6.45, 7) is 5.37. The number of piperidine rings is 1. The highest BCUT2D eigenvalue weighted by Crippen LogP contribution is 2.65. The van der Waals surface area contributed by atoms with Crippen molar-refractivity contribution in [1.82, 2.24) is 15.5 Å². The molecule has 4 amide bonds. The van der Waals surface area contributed by atoms with Crippen LogP contribution in [-0.4, -0.2) is 69.1 Å². The molecular weight excluding hydrogens is 547 g/mol. The highest BCUT2D eigenvalue weighted by atomic mass is 35.5. The summed E-state index contributed by atoms with van der Waals surface area (Å²) in [6.07, 6.45) is 6.89. The third kappa shape index (κ3) is 6.64. The Balaban J connectivity index is 1.55. The molecule has 4 N–H and O–H groups in total. The van der Waals surface area contributed by atoms with E-state index in [9.17, 15) is 24.0 Å². The first-order chi connectivity index (χ1) is 18.2. The number of ketones is 1. The van der Waals surface area contributed by atoms with E-state index in [2.05, 4.69) is 10.6 Å². The van der Waals surface area contributed by atoms with E-state index < -0.39 is 63.6 Å². The topological polar surface area (TPSA) is 148 Å². The minimum Gasteiger partial charge on any atom is -0.444 e. The van der Waals surface area contributed by atoms with Crippen LogP contribution >= 0.6 is 23.2 Å². The molecule has 1 heterocycles. The molecule has 4 aliphatic rings. The van der Waals surface area contributed by atoms with Gasteiger partial charge in [0.2, 0.25) is 17.6 Å². The lowest BCUT2D eigenvalue weighted by Crippen LogP contribution is -2.60. The number of alkyl carbamates (subject to hydrolysis) is 1. The molecule has 0 aromatic carbocycles. The van der Waals surface area contributed by atoms with Crippen molar-refractivity contribution in [2.24, 2.45) is 29.4 Å². The smallest absolute Gasteiger partial charge is 0.408 e. The van der Waals surface area contributed by atoms with E-state index in [4.69, 9.17) is 33.7 Å². The number of alkyl halides is 2. The van der Waals surface area contributed by atoms with Crippen molar-refractivity contribution in [3.05, 3.63) is 0 Å². The minimum atomic E-state index is -1.19. The van der Waals surface area contributed by atoms with Crippen LogP contribution < -0.4 is 16.4 Å². The number of likely N-dealkylation sites (tertiary alicyclic amines) is 1. The zero-order chi connectivity index (χ0) is 28.7. The Morgan fingerprint density at radius 3 is 2.18 bits per heavy atom. The molecule has 10 nitrogen and oxygen atoms in total. The predicted molar refractivity (Wildman–Crippen MR) is 145 cm³/mol. The van der Waals surface area contributed by atoms with Crippen LogP contribution in [0.1, 0.15) is 78.6 Å². The van der Waals surface area contributed by atoms with E-state index in [-0.39, 0.29) is 24.3 Å². The second-order valence-electron chi connectivity index (χ2n) is 12.6. The van der Waals surface area contributed by atoms with Gasteiger partial charge in [-0.1, -0.05) is 38.5 Å². The molecule has 3 aliphatic carbocycles. The molecule has 0 aromatic heterocycles. The summed E-state index contributed by atoms with van der Waals surface area (Å²) in [5.74, 6) is -3.75. The highest BCUT2D eigenvalue weighted by molar-refractivity contribution is 6.51. The molecule has 39 heavy (non-hydrogen) atoms. The Bertz CT molecular complexity index is 1000. The molecule has 0 radical (unpaired) electrons. The van der Waals surface area contributed by atoms with Gasteiger partial charge in [0.15, 0.2) is 0 Å². The number of halogens is 2. The van der Waals surface area contributed by atoms with Crippen LogP contribution in [0.5, 0.6) is 0 Å². The number of nitrogens with two attached hydrogens (primary N) is 1. The molecule has 1 saturated heterocycles. The first-order valence-corrected chi connectivity index (χ1v) is 14.8. The molecule has 4 fully saturated rings. The van der Waals surface area contributed by atoms with Gasteiger partial charge < -0.3 is 26.0 Å². The summed E-state index contributed by atoms with van der Waals surface area (Å²) in [5, 5.41) is 5.48. The number of hydrogen-bond acceptors (Lipinski definition) is 6. The first-order valence-electron chi connectivity index (χ1n) is 14.0. The van der Waals surface area contributed by atoms with Crippen molar-refractivity contribution in [3.63, 3.8) is 0 Å². The summed E-state index contributed by atoms with van der Waals surface area (Å²) in [4.78, 5) is 66.2. The van der Waals surface area contributed by atoms with Crippen molar-refractivity contribution in [1.29, 1.82) is 0 Å². The monoisotopic (exact) mass is 586 g/mol. The van der Waals surface area contributed by atoms with E-state index in [1.54, 1.807) is 20.8 Å². The molecule has 2 unspecified atom stereocenters. The van der Waals surface area contributed by atoms with Crippen LogP contribution in [0, 0.1) is 23.7 Å². The van der Waals surface area contributed by atoms with E-state index in [1.165, 1.54) is 4.90 Å². The number of rotatable bonds is 9. The van der Waals surface area contributed by atoms with Gasteiger partial charge in [-0.25, -0.2) is 4.79 Å². The number of ether oxygens (including phenoxy) is 1. The van der Waals surface area contributed by atoms with E-state index in [0.29, 0.717) is 6.42 Å². The standard InChI is InChI=1S/C27H40Cl2N4O6/c1-26(2,3)39-25(38)32-19(15-10-5-4-6-11-15)24(37)33-13-16-18(27(16,28)29)20(33)23(36)31-17(21(34)22(30)35)12-14-8-7-9-14/h14-20H,4-13H2,1-3H3,(H2,30,35)(H,31,36)(H,32,38)/t16?,17?,18-,19-,20-/m0/s1. The van der Waals surface area contributed by atoms with Gasteiger partial charge in [0, 0.05) is 18.4 Å². The van der Waals surface area contributed by atoms with Gasteiger partial charge in [-0.2, -0.15) is 0 Å². The van der Waals surface area contributed by atoms with Crippen LogP contribution in [0.15, 0.2) is 0 Å². The van der Waals surface area contributed by atoms with E-state index >= 15 is 0 Å². The van der Waals surface area contributed by atoms with Gasteiger partial charge in [0.05, 0.1) is 6.04 Å². The van der Waals surface area contributed by atoms with Gasteiger partial charge in [-0.15, -0.1) is 23.2 Å². The maximum atomic E-state index is 14.0. The molecule has 0 bridgehead atoms. The molecule has 5 atom stereocenters. The number of Topliss-reactive ketones (excluding diaryl/α,β-unsaturated/α-hetero) is 1. The summed E-state index contributed by atoms with van der Waals surface area (Å²) < 4.78 is 4.25. The average molecular weight is 588 g/mol. The Morgan fingerprint density at radius 2 is 1.64 bits per heavy atom. The van der Waals surface area contributed by atoms with Crippen LogP contribution in [0.2, 0.25) is 0 Å². The van der Waals surface area contributed by atoms with Gasteiger partial charge in [0.25, 0.3) is 5.91 Å². The molecule has 12 heteroatoms. The van der Waals surface area contributed by atoms with Crippen molar-refractivity contribution in [2.45, 2.75) is 107 Å². The normalized spacial score (nSPS) is 27.9. The van der Waals surface area contributed by atoms with Gasteiger partial charge in [0.1, 0.15) is 22.0 Å². The summed E-state index contributed by atoms with van der Waals surface area (Å²) in [6, 6.07) is -3.01. The van der Waals surface area contributed by atoms with Crippen LogP contribution in [0.25, 0.3) is 0 Å². The van der Waals surface area contributed by atoms with E-state index in [1.807, 2.05) is 0 Å². The largest absolute Gasteiger partial charge is 0.444 e. The second-order valence-corrected chi connectivity index (χ2v) is 14.0. The molecule has 0 aromatic rings. The lowest BCUT2D eigenvalue weighted by Gasteiger charge is -2.37. The number of nitrogens with one attached hydrogen (secondary N) is 2. The lowest BCUT2D eigenvalue weighted by atomic mass is 9.80. The maximum Gasteiger partial charge on any atom is 0.408 e. The number of primary amides is 1. The zero-order valence-electron chi connectivity index (χ0n) is 22.8. The quantitative estimate of drug-likeness (QED) is 0.279. The van der Waals surface area contributed by atoms with Gasteiger partial charge in [-0.3, -0.25) is 19.2 Å². The van der Waals surface area contributed by atoms with Crippen molar-refractivity contribution in [2.75, 3.05) is 6.54 Å². The third-order valence-electron chi connectivity index (χ3n) is 8.61. The first kappa shape index (κ1) is 29.9. The SMILES string of the molecule is CC(C)(C)OC(=O)N[C@H](C(=O)N1CC2[C@@H]([C@H]1C(=O)NC(CC1CCC1)C(=O)C(N)=O)C2(Cl)Cl)C1CCCCC1. The molecular formula is C27H40Cl2N4O6. The highest BCUT2D eigenvalue weighted by Gasteiger charge is 2.74. The number of fused-ring (bicyclic) bond motifs is 1. The number of hydrogen-bond donors (Lipinski definition) is 3.